The van der Waals surface area contributed by atoms with Crippen molar-refractivity contribution in [1.82, 2.24) is 25.3 Å². The highest BCUT2D eigenvalue weighted by atomic mass is 32.2. The average Bonchev–Trinajstić information content (AvgIpc) is 3.29. The van der Waals surface area contributed by atoms with E-state index in [1.54, 1.807) is 0 Å². The van der Waals surface area contributed by atoms with Gasteiger partial charge in [0.15, 0.2) is 5.82 Å². The number of aromatic nitrogens is 4. The maximum Gasteiger partial charge on any atom is 0.234 e. The molecule has 1 aromatic heterocycles. The quantitative estimate of drug-likeness (QED) is 0.193. The molecular weight excluding hydrogens is 458 g/mol. The Bertz CT molecular complexity index is 756. The lowest BCUT2D eigenvalue weighted by Gasteiger charge is -2.07. The zero-order valence-corrected chi connectivity index (χ0v) is 21.3. The van der Waals surface area contributed by atoms with Crippen molar-refractivity contribution in [3.05, 3.63) is 5.82 Å². The van der Waals surface area contributed by atoms with Crippen molar-refractivity contribution in [2.75, 3.05) is 12.4 Å². The molecule has 0 bridgehead atoms. The highest BCUT2D eigenvalue weighted by Gasteiger charge is 2.15. The topological polar surface area (TPSA) is 155 Å². The van der Waals surface area contributed by atoms with E-state index in [2.05, 4.69) is 25.3 Å². The molecule has 0 radical (unpaired) electrons. The Morgan fingerprint density at radius 3 is 1.85 bits per heavy atom. The van der Waals surface area contributed by atoms with Gasteiger partial charge >= 0.3 is 0 Å². The van der Waals surface area contributed by atoms with Gasteiger partial charge in [-0.2, -0.15) is 5.21 Å². The van der Waals surface area contributed by atoms with Crippen LogP contribution in [0, 0.1) is 0 Å². The molecule has 34 heavy (non-hydrogen) atoms. The summed E-state index contributed by atoms with van der Waals surface area (Å²) >= 11 is 0. The molecule has 0 aliphatic heterocycles. The standard InChI is InChI=1S/C23H43N5O5S/c29-19-18-21(30)15-14-20-34(32,33)26-23(31)17-13-11-9-7-5-3-1-2-4-6-8-10-12-16-22-24-27-28-25-22/h29H,1-20H2,(H,26,31)(H,24,25,27,28). The first-order valence-corrected chi connectivity index (χ1v) is 14.5. The molecule has 0 atom stereocenters. The summed E-state index contributed by atoms with van der Waals surface area (Å²) in [6.45, 7) is -0.228. The van der Waals surface area contributed by atoms with Gasteiger partial charge in [0.25, 0.3) is 0 Å². The van der Waals surface area contributed by atoms with Crippen LogP contribution in [0.2, 0.25) is 0 Å². The summed E-state index contributed by atoms with van der Waals surface area (Å²) in [5.74, 6) is -0.102. The summed E-state index contributed by atoms with van der Waals surface area (Å²) in [6, 6.07) is 0. The number of unbranched alkanes of at least 4 members (excludes halogenated alkanes) is 12. The van der Waals surface area contributed by atoms with Gasteiger partial charge in [-0.1, -0.05) is 75.8 Å². The second-order valence-electron chi connectivity index (χ2n) is 8.88. The second kappa shape index (κ2) is 19.4. The minimum atomic E-state index is -3.69. The molecule has 0 aliphatic carbocycles. The van der Waals surface area contributed by atoms with Crippen LogP contribution in [0.1, 0.15) is 115 Å². The van der Waals surface area contributed by atoms with E-state index < -0.39 is 15.9 Å². The first-order valence-electron chi connectivity index (χ1n) is 12.8. The van der Waals surface area contributed by atoms with Gasteiger partial charge in [-0.25, -0.2) is 8.42 Å². The number of carbonyl (C=O) groups excluding carboxylic acids is 2. The highest BCUT2D eigenvalue weighted by molar-refractivity contribution is 7.90. The van der Waals surface area contributed by atoms with Gasteiger partial charge in [-0.05, 0) is 19.3 Å². The molecule has 0 spiro atoms. The molecular formula is C23H43N5O5S. The van der Waals surface area contributed by atoms with Crippen LogP contribution in [0.5, 0.6) is 0 Å². The fourth-order valence-corrected chi connectivity index (χ4v) is 4.86. The van der Waals surface area contributed by atoms with Crippen molar-refractivity contribution in [1.29, 1.82) is 0 Å². The molecule has 0 unspecified atom stereocenters. The zero-order chi connectivity index (χ0) is 24.9. The van der Waals surface area contributed by atoms with Crippen LogP contribution in [0.4, 0.5) is 0 Å². The van der Waals surface area contributed by atoms with Crippen molar-refractivity contribution < 1.29 is 23.1 Å². The molecule has 1 rings (SSSR count). The van der Waals surface area contributed by atoms with E-state index in [0.29, 0.717) is 6.42 Å². The van der Waals surface area contributed by atoms with E-state index in [1.807, 2.05) is 0 Å². The molecule has 0 aliphatic rings. The van der Waals surface area contributed by atoms with Crippen LogP contribution in [-0.4, -0.2) is 58.2 Å². The molecule has 0 aromatic carbocycles. The Morgan fingerprint density at radius 2 is 1.32 bits per heavy atom. The number of aliphatic hydroxyl groups is 1. The number of ketones is 1. The van der Waals surface area contributed by atoms with E-state index in [-0.39, 0.29) is 43.8 Å². The molecule has 3 N–H and O–H groups in total. The summed E-state index contributed by atoms with van der Waals surface area (Å²) in [6.07, 6.45) is 16.4. The lowest BCUT2D eigenvalue weighted by Crippen LogP contribution is -2.32. The maximum absolute atomic E-state index is 11.9. The molecule has 0 saturated heterocycles. The SMILES string of the molecule is O=C(CCO)CCCS(=O)(=O)NC(=O)CCCCCCCCCCCCCCCc1nn[nH]n1. The number of nitrogens with one attached hydrogen (secondary N) is 2. The van der Waals surface area contributed by atoms with Crippen molar-refractivity contribution in [2.45, 2.75) is 116 Å². The highest BCUT2D eigenvalue weighted by Crippen LogP contribution is 2.13. The van der Waals surface area contributed by atoms with Crippen LogP contribution in [0.25, 0.3) is 0 Å². The number of carbonyl (C=O) groups is 2. The van der Waals surface area contributed by atoms with E-state index in [9.17, 15) is 18.0 Å². The largest absolute Gasteiger partial charge is 0.396 e. The van der Waals surface area contributed by atoms with Crippen LogP contribution < -0.4 is 4.72 Å². The summed E-state index contributed by atoms with van der Waals surface area (Å²) in [7, 11) is -3.69. The molecule has 1 heterocycles. The summed E-state index contributed by atoms with van der Waals surface area (Å²) in [4.78, 5) is 23.1. The molecule has 196 valence electrons. The monoisotopic (exact) mass is 501 g/mol. The molecule has 0 fully saturated rings. The minimum Gasteiger partial charge on any atom is -0.396 e. The number of aryl methyl sites for hydroxylation is 1. The summed E-state index contributed by atoms with van der Waals surface area (Å²) < 4.78 is 25.8. The van der Waals surface area contributed by atoms with E-state index in [0.717, 1.165) is 37.9 Å². The van der Waals surface area contributed by atoms with Gasteiger partial charge in [0, 0.05) is 32.3 Å². The second-order valence-corrected chi connectivity index (χ2v) is 10.7. The van der Waals surface area contributed by atoms with Gasteiger partial charge in [0.05, 0.1) is 5.75 Å². The Balaban J connectivity index is 1.84. The van der Waals surface area contributed by atoms with Crippen LogP contribution in [0.3, 0.4) is 0 Å². The number of amides is 1. The number of Topliss-reactive ketones (excluding diaryl/α,β-unsaturated/α-hetero) is 1. The lowest BCUT2D eigenvalue weighted by atomic mass is 10.0. The number of tetrazole rings is 1. The molecule has 1 amide bonds. The minimum absolute atomic E-state index is 0.0392. The lowest BCUT2D eigenvalue weighted by molar-refractivity contribution is -0.120. The van der Waals surface area contributed by atoms with Gasteiger partial charge in [0.2, 0.25) is 15.9 Å². The number of H-pyrrole nitrogens is 1. The average molecular weight is 502 g/mol. The predicted octanol–water partition coefficient (Wildman–Crippen LogP) is 3.38. The normalized spacial score (nSPS) is 11.6. The van der Waals surface area contributed by atoms with E-state index >= 15 is 0 Å². The number of nitrogens with zero attached hydrogens (tertiary/aromatic N) is 3. The number of rotatable bonds is 23. The Kier molecular flexibility index (Phi) is 17.2. The smallest absolute Gasteiger partial charge is 0.234 e. The Hall–Kier alpha value is -1.88. The summed E-state index contributed by atoms with van der Waals surface area (Å²) in [5, 5.41) is 22.6. The third-order valence-corrected chi connectivity index (χ3v) is 7.09. The third kappa shape index (κ3) is 17.6. The number of sulfonamides is 1. The van der Waals surface area contributed by atoms with Gasteiger partial charge in [-0.3, -0.25) is 14.3 Å². The van der Waals surface area contributed by atoms with Crippen molar-refractivity contribution in [3.8, 4) is 0 Å². The first-order chi connectivity index (χ1) is 16.4. The third-order valence-electron chi connectivity index (χ3n) is 5.72. The zero-order valence-electron chi connectivity index (χ0n) is 20.5. The maximum atomic E-state index is 11.9. The molecule has 11 heteroatoms. The Morgan fingerprint density at radius 1 is 0.765 bits per heavy atom. The number of hydrogen-bond acceptors (Lipinski definition) is 8. The molecule has 0 saturated carbocycles. The van der Waals surface area contributed by atoms with Gasteiger partial charge in [0.1, 0.15) is 5.78 Å². The van der Waals surface area contributed by atoms with Crippen molar-refractivity contribution >= 4 is 21.7 Å². The van der Waals surface area contributed by atoms with Gasteiger partial charge < -0.3 is 5.11 Å². The molecule has 1 aromatic rings. The van der Waals surface area contributed by atoms with Crippen LogP contribution in [0.15, 0.2) is 0 Å². The fraction of sp³-hybridized carbons (Fsp3) is 0.870. The van der Waals surface area contributed by atoms with Crippen LogP contribution >= 0.6 is 0 Å². The van der Waals surface area contributed by atoms with Gasteiger partial charge in [-0.15, -0.1) is 10.2 Å². The number of hydrogen-bond donors (Lipinski definition) is 3. The van der Waals surface area contributed by atoms with Crippen molar-refractivity contribution in [2.24, 2.45) is 0 Å². The van der Waals surface area contributed by atoms with Crippen molar-refractivity contribution in [3.63, 3.8) is 0 Å². The fourth-order valence-electron chi connectivity index (χ4n) is 3.79. The predicted molar refractivity (Wildman–Crippen MR) is 130 cm³/mol. The first kappa shape index (κ1) is 30.2. The molecule has 10 nitrogen and oxygen atoms in total. The van der Waals surface area contributed by atoms with E-state index in [4.69, 9.17) is 5.11 Å². The Labute approximate surface area is 204 Å². The summed E-state index contributed by atoms with van der Waals surface area (Å²) in [5.41, 5.74) is 0. The number of aliphatic hydroxyl groups excluding tert-OH is 1. The van der Waals surface area contributed by atoms with Crippen LogP contribution in [-0.2, 0) is 26.0 Å². The number of aromatic amines is 1. The van der Waals surface area contributed by atoms with E-state index in [1.165, 1.54) is 51.4 Å².